The largest absolute Gasteiger partial charge is 0.462 e. The van der Waals surface area contributed by atoms with Crippen molar-refractivity contribution in [2.75, 3.05) is 42.0 Å². The number of piperazine rings is 1. The highest BCUT2D eigenvalue weighted by atomic mass is 79.9. The molecular formula is C35H33BrClN3O5S3. The lowest BCUT2D eigenvalue weighted by atomic mass is 10.1. The minimum Gasteiger partial charge on any atom is -0.462 e. The molecule has 3 heterocycles. The van der Waals surface area contributed by atoms with Crippen molar-refractivity contribution >= 4 is 93.6 Å². The molecule has 48 heavy (non-hydrogen) atoms. The van der Waals surface area contributed by atoms with E-state index in [2.05, 4.69) is 20.8 Å². The van der Waals surface area contributed by atoms with Crippen LogP contribution in [0.1, 0.15) is 50.4 Å². The van der Waals surface area contributed by atoms with Crippen LogP contribution in [0.25, 0.3) is 10.1 Å². The normalized spacial score (nSPS) is 14.3. The van der Waals surface area contributed by atoms with Crippen LogP contribution in [-0.2, 0) is 14.8 Å². The number of fused-ring (bicyclic) bond motifs is 1. The third-order valence-corrected chi connectivity index (χ3v) is 13.7. The van der Waals surface area contributed by atoms with Gasteiger partial charge in [-0.05, 0) is 107 Å². The number of hydrogen-bond donors (Lipinski definition) is 0. The summed E-state index contributed by atoms with van der Waals surface area (Å²) in [6, 6.07) is 20.9. The fourth-order valence-corrected chi connectivity index (χ4v) is 10.3. The molecule has 6 rings (SSSR count). The smallest absolute Gasteiger partial charge is 0.348 e. The fourth-order valence-electron chi connectivity index (χ4n) is 5.95. The summed E-state index contributed by atoms with van der Waals surface area (Å²) in [5.74, 6) is -0.437. The van der Waals surface area contributed by atoms with Gasteiger partial charge in [-0.15, -0.1) is 22.7 Å². The second kappa shape index (κ2) is 14.2. The number of thiophene rings is 2. The molecule has 1 aliphatic rings. The second-order valence-electron chi connectivity index (χ2n) is 11.3. The van der Waals surface area contributed by atoms with Crippen LogP contribution in [0.2, 0.25) is 5.02 Å². The maximum absolute atomic E-state index is 14.9. The van der Waals surface area contributed by atoms with Crippen LogP contribution in [0.5, 0.6) is 0 Å². The Morgan fingerprint density at radius 1 is 1.00 bits per heavy atom. The predicted molar refractivity (Wildman–Crippen MR) is 199 cm³/mol. The van der Waals surface area contributed by atoms with Gasteiger partial charge in [0.05, 0.1) is 28.9 Å². The third-order valence-electron chi connectivity index (χ3n) is 8.47. The predicted octanol–water partition coefficient (Wildman–Crippen LogP) is 8.78. The Morgan fingerprint density at radius 2 is 1.71 bits per heavy atom. The fraction of sp³-hybridized carbons (Fsp3) is 0.257. The molecule has 1 atom stereocenters. The maximum Gasteiger partial charge on any atom is 0.348 e. The molecular weight excluding hydrogens is 754 g/mol. The van der Waals surface area contributed by atoms with Crippen molar-refractivity contribution in [3.05, 3.63) is 109 Å². The third kappa shape index (κ3) is 6.60. The van der Waals surface area contributed by atoms with Gasteiger partial charge < -0.3 is 14.5 Å². The van der Waals surface area contributed by atoms with Gasteiger partial charge in [-0.25, -0.2) is 13.2 Å². The maximum atomic E-state index is 14.9. The molecule has 0 aliphatic carbocycles. The van der Waals surface area contributed by atoms with Gasteiger partial charge in [-0.1, -0.05) is 35.9 Å². The lowest BCUT2D eigenvalue weighted by Gasteiger charge is -2.39. The van der Waals surface area contributed by atoms with Crippen LogP contribution in [0.15, 0.2) is 87.5 Å². The quantitative estimate of drug-likeness (QED) is 0.139. The number of hydrogen-bond acceptors (Lipinski definition) is 8. The molecule has 8 nitrogen and oxygen atoms in total. The van der Waals surface area contributed by atoms with Gasteiger partial charge in [0.15, 0.2) is 0 Å². The molecule has 1 saturated heterocycles. The SMILES string of the molecule is CCOC(=O)c1sc2ccc(S(=O)(=O)N(c3ccccc3N3CCN(C(=O)c4sccc4Br)CC3)C(C)c3ccc(Cl)cc3)cc2c1C. The molecule has 3 aromatic carbocycles. The standard InChI is InChI=1S/C35H33BrClN3O5S3/c1-4-45-35(42)32-22(2)27-21-26(13-14-31(27)47-32)48(43,44)40(23(3)24-9-11-25(37)12-10-24)30-8-6-5-7-29(30)38-16-18-39(19-17-38)34(41)33-28(36)15-20-46-33/h5-15,20-21,23H,4,16-19H2,1-3H3. The van der Waals surface area contributed by atoms with Gasteiger partial charge in [0.2, 0.25) is 0 Å². The first kappa shape index (κ1) is 34.4. The van der Waals surface area contributed by atoms with Crippen molar-refractivity contribution in [1.82, 2.24) is 4.90 Å². The molecule has 0 radical (unpaired) electrons. The van der Waals surface area contributed by atoms with E-state index < -0.39 is 22.0 Å². The van der Waals surface area contributed by atoms with E-state index in [0.29, 0.717) is 57.6 Å². The molecule has 1 aliphatic heterocycles. The van der Waals surface area contributed by atoms with Crippen LogP contribution >= 0.6 is 50.2 Å². The molecule has 2 aromatic heterocycles. The Hall–Kier alpha value is -3.42. The number of sulfonamides is 1. The molecule has 0 saturated carbocycles. The number of nitrogens with zero attached hydrogens (tertiary/aromatic N) is 3. The Kier molecular flexibility index (Phi) is 10.2. The summed E-state index contributed by atoms with van der Waals surface area (Å²) >= 11 is 12.4. The van der Waals surface area contributed by atoms with E-state index in [4.69, 9.17) is 16.3 Å². The average molecular weight is 787 g/mol. The zero-order chi connectivity index (χ0) is 34.2. The average Bonchev–Trinajstić information content (AvgIpc) is 3.67. The van der Waals surface area contributed by atoms with Gasteiger partial charge >= 0.3 is 5.97 Å². The first-order chi connectivity index (χ1) is 23.0. The molecule has 1 unspecified atom stereocenters. The molecule has 5 aromatic rings. The van der Waals surface area contributed by atoms with E-state index in [9.17, 15) is 18.0 Å². The zero-order valence-corrected chi connectivity index (χ0v) is 31.3. The summed E-state index contributed by atoms with van der Waals surface area (Å²) in [6.45, 7) is 7.73. The van der Waals surface area contributed by atoms with Crippen molar-refractivity contribution < 1.29 is 22.7 Å². The van der Waals surface area contributed by atoms with E-state index in [0.717, 1.165) is 20.4 Å². The molecule has 1 fully saturated rings. The molecule has 0 N–H and O–H groups in total. The summed E-state index contributed by atoms with van der Waals surface area (Å²) in [5.41, 5.74) is 2.73. The van der Waals surface area contributed by atoms with E-state index in [1.54, 1.807) is 37.3 Å². The summed E-state index contributed by atoms with van der Waals surface area (Å²) in [6.07, 6.45) is 0. The van der Waals surface area contributed by atoms with E-state index >= 15 is 0 Å². The number of carbonyl (C=O) groups excluding carboxylic acids is 2. The van der Waals surface area contributed by atoms with Crippen LogP contribution in [0.3, 0.4) is 0 Å². The van der Waals surface area contributed by atoms with Crippen molar-refractivity contribution in [1.29, 1.82) is 0 Å². The molecule has 250 valence electrons. The highest BCUT2D eigenvalue weighted by molar-refractivity contribution is 9.10. The van der Waals surface area contributed by atoms with Gasteiger partial charge in [0.25, 0.3) is 15.9 Å². The lowest BCUT2D eigenvalue weighted by molar-refractivity contribution is 0.0531. The van der Waals surface area contributed by atoms with E-state index in [1.807, 2.05) is 66.6 Å². The molecule has 13 heteroatoms. The minimum atomic E-state index is -4.17. The molecule has 0 spiro atoms. The van der Waals surface area contributed by atoms with Crippen LogP contribution in [0.4, 0.5) is 11.4 Å². The van der Waals surface area contributed by atoms with Gasteiger partial charge in [-0.3, -0.25) is 9.10 Å². The van der Waals surface area contributed by atoms with E-state index in [1.165, 1.54) is 27.0 Å². The summed E-state index contributed by atoms with van der Waals surface area (Å²) in [5, 5.41) is 3.13. The summed E-state index contributed by atoms with van der Waals surface area (Å²) in [4.78, 5) is 31.1. The number of rotatable bonds is 9. The number of benzene rings is 3. The minimum absolute atomic E-state index is 0.0180. The Labute approximate surface area is 301 Å². The number of aryl methyl sites for hydroxylation is 1. The number of para-hydroxylation sites is 2. The monoisotopic (exact) mass is 785 g/mol. The summed E-state index contributed by atoms with van der Waals surface area (Å²) in [7, 11) is -4.17. The second-order valence-corrected chi connectivity index (χ2v) is 16.4. The first-order valence-corrected chi connectivity index (χ1v) is 19.7. The Morgan fingerprint density at radius 3 is 2.38 bits per heavy atom. The van der Waals surface area contributed by atoms with Gasteiger partial charge in [0.1, 0.15) is 9.75 Å². The first-order valence-electron chi connectivity index (χ1n) is 15.4. The van der Waals surface area contributed by atoms with E-state index in [-0.39, 0.29) is 17.4 Å². The highest BCUT2D eigenvalue weighted by Crippen LogP contribution is 2.41. The lowest BCUT2D eigenvalue weighted by Crippen LogP contribution is -2.49. The topological polar surface area (TPSA) is 87.2 Å². The van der Waals surface area contributed by atoms with Crippen molar-refractivity contribution in [2.24, 2.45) is 0 Å². The number of ether oxygens (including phenoxy) is 1. The number of anilines is 2. The molecule has 1 amide bonds. The van der Waals surface area contributed by atoms with Crippen molar-refractivity contribution in [2.45, 2.75) is 31.7 Å². The number of halogens is 2. The van der Waals surface area contributed by atoms with Gasteiger partial charge in [0, 0.05) is 40.4 Å². The highest BCUT2D eigenvalue weighted by Gasteiger charge is 2.35. The van der Waals surface area contributed by atoms with Crippen LogP contribution in [0, 0.1) is 6.92 Å². The van der Waals surface area contributed by atoms with Crippen LogP contribution in [-0.4, -0.2) is 58.0 Å². The molecule has 0 bridgehead atoms. The Balaban J connectivity index is 1.39. The van der Waals surface area contributed by atoms with Crippen molar-refractivity contribution in [3.8, 4) is 0 Å². The van der Waals surface area contributed by atoms with Crippen molar-refractivity contribution in [3.63, 3.8) is 0 Å². The number of amides is 1. The van der Waals surface area contributed by atoms with Crippen LogP contribution < -0.4 is 9.21 Å². The zero-order valence-electron chi connectivity index (χ0n) is 26.5. The van der Waals surface area contributed by atoms with Gasteiger partial charge in [-0.2, -0.15) is 0 Å². The summed E-state index contributed by atoms with van der Waals surface area (Å²) < 4.78 is 38.1. The number of esters is 1. The number of carbonyl (C=O) groups is 2. The Bertz CT molecular complexity index is 2090.